The van der Waals surface area contributed by atoms with Crippen molar-refractivity contribution in [1.82, 2.24) is 0 Å². The van der Waals surface area contributed by atoms with Crippen molar-refractivity contribution >= 4 is 9.84 Å². The Bertz CT molecular complexity index is 437. The fourth-order valence-corrected chi connectivity index (χ4v) is 1.78. The predicted octanol–water partition coefficient (Wildman–Crippen LogP) is 0.815. The van der Waals surface area contributed by atoms with Gasteiger partial charge in [-0.3, -0.25) is 0 Å². The van der Waals surface area contributed by atoms with E-state index in [-0.39, 0.29) is 16.7 Å². The molecule has 0 aliphatic heterocycles. The van der Waals surface area contributed by atoms with Crippen molar-refractivity contribution < 1.29 is 13.5 Å². The Morgan fingerprint density at radius 1 is 1.43 bits per heavy atom. The van der Waals surface area contributed by atoms with Crippen molar-refractivity contribution in [2.24, 2.45) is 5.73 Å². The monoisotopic (exact) mass is 215 g/mol. The molecule has 0 spiro atoms. The fourth-order valence-electron chi connectivity index (χ4n) is 1.14. The summed E-state index contributed by atoms with van der Waals surface area (Å²) in [6.07, 6.45) is 1.09. The van der Waals surface area contributed by atoms with Gasteiger partial charge in [0.2, 0.25) is 0 Å². The van der Waals surface area contributed by atoms with Crippen LogP contribution in [0.2, 0.25) is 0 Å². The zero-order valence-electron chi connectivity index (χ0n) is 8.06. The second-order valence-corrected chi connectivity index (χ2v) is 5.30. The summed E-state index contributed by atoms with van der Waals surface area (Å²) >= 11 is 0. The van der Waals surface area contributed by atoms with Gasteiger partial charge >= 0.3 is 0 Å². The maximum atomic E-state index is 11.1. The third kappa shape index (κ3) is 2.24. The molecule has 14 heavy (non-hydrogen) atoms. The summed E-state index contributed by atoms with van der Waals surface area (Å²) in [6.45, 7) is 1.72. The number of hydrogen-bond acceptors (Lipinski definition) is 4. The lowest BCUT2D eigenvalue weighted by Gasteiger charge is -2.09. The summed E-state index contributed by atoms with van der Waals surface area (Å²) in [6, 6.07) is 3.86. The highest BCUT2D eigenvalue weighted by Gasteiger charge is 2.11. The molecule has 1 aromatic carbocycles. The van der Waals surface area contributed by atoms with E-state index in [9.17, 15) is 13.5 Å². The first-order chi connectivity index (χ1) is 6.32. The van der Waals surface area contributed by atoms with Gasteiger partial charge in [0.15, 0.2) is 9.84 Å². The molecule has 0 fully saturated rings. The van der Waals surface area contributed by atoms with Gasteiger partial charge in [-0.1, -0.05) is 6.07 Å². The predicted molar refractivity (Wildman–Crippen MR) is 53.8 cm³/mol. The minimum Gasteiger partial charge on any atom is -0.508 e. The molecule has 5 heteroatoms. The number of aromatic hydroxyl groups is 1. The number of phenols is 1. The molecule has 4 nitrogen and oxygen atoms in total. The van der Waals surface area contributed by atoms with E-state index in [0.29, 0.717) is 5.56 Å². The number of rotatable bonds is 2. The number of hydrogen-bond donors (Lipinski definition) is 2. The van der Waals surface area contributed by atoms with Crippen molar-refractivity contribution in [1.29, 1.82) is 0 Å². The normalized spacial score (nSPS) is 13.9. The highest BCUT2D eigenvalue weighted by atomic mass is 32.2. The molecular formula is C9H13NO3S. The van der Waals surface area contributed by atoms with Gasteiger partial charge in [0, 0.05) is 17.9 Å². The van der Waals surface area contributed by atoms with Crippen molar-refractivity contribution in [2.45, 2.75) is 17.9 Å². The molecule has 0 amide bonds. The number of benzene rings is 1. The Hall–Kier alpha value is -1.07. The molecule has 0 radical (unpaired) electrons. The lowest BCUT2D eigenvalue weighted by Crippen LogP contribution is -2.06. The number of sulfone groups is 1. The Kier molecular flexibility index (Phi) is 2.82. The summed E-state index contributed by atoms with van der Waals surface area (Å²) in [5.74, 6) is -0.0806. The zero-order chi connectivity index (χ0) is 10.9. The molecule has 0 aliphatic rings. The van der Waals surface area contributed by atoms with E-state index in [1.54, 1.807) is 6.92 Å². The summed E-state index contributed by atoms with van der Waals surface area (Å²) in [7, 11) is -3.27. The van der Waals surface area contributed by atoms with Gasteiger partial charge < -0.3 is 10.8 Å². The van der Waals surface area contributed by atoms with Crippen LogP contribution in [0, 0.1) is 0 Å². The largest absolute Gasteiger partial charge is 0.508 e. The third-order valence-electron chi connectivity index (χ3n) is 1.92. The van der Waals surface area contributed by atoms with Gasteiger partial charge in [0.25, 0.3) is 0 Å². The van der Waals surface area contributed by atoms with Crippen LogP contribution in [0.4, 0.5) is 0 Å². The van der Waals surface area contributed by atoms with Crippen LogP contribution in [0.25, 0.3) is 0 Å². The first-order valence-electron chi connectivity index (χ1n) is 4.11. The van der Waals surface area contributed by atoms with E-state index in [0.717, 1.165) is 6.26 Å². The zero-order valence-corrected chi connectivity index (χ0v) is 8.88. The van der Waals surface area contributed by atoms with Crippen molar-refractivity contribution in [3.05, 3.63) is 23.8 Å². The van der Waals surface area contributed by atoms with Crippen molar-refractivity contribution in [3.8, 4) is 5.75 Å². The summed E-state index contributed by atoms with van der Waals surface area (Å²) in [5, 5.41) is 9.48. The maximum Gasteiger partial charge on any atom is 0.175 e. The van der Waals surface area contributed by atoms with Crippen LogP contribution in [-0.2, 0) is 9.84 Å². The quantitative estimate of drug-likeness (QED) is 0.765. The van der Waals surface area contributed by atoms with Crippen molar-refractivity contribution in [2.75, 3.05) is 6.26 Å². The van der Waals surface area contributed by atoms with Crippen molar-refractivity contribution in [3.63, 3.8) is 0 Å². The van der Waals surface area contributed by atoms with E-state index >= 15 is 0 Å². The minimum absolute atomic E-state index is 0.0806. The fraction of sp³-hybridized carbons (Fsp3) is 0.333. The lowest BCUT2D eigenvalue weighted by molar-refractivity contribution is 0.461. The molecule has 0 heterocycles. The molecule has 1 atom stereocenters. The minimum atomic E-state index is -3.27. The van der Waals surface area contributed by atoms with Crippen LogP contribution in [0.15, 0.2) is 23.1 Å². The Balaban J connectivity index is 3.27. The van der Waals surface area contributed by atoms with Crippen LogP contribution >= 0.6 is 0 Å². The summed E-state index contributed by atoms with van der Waals surface area (Å²) in [5.41, 5.74) is 6.10. The van der Waals surface area contributed by atoms with Crippen LogP contribution in [0.1, 0.15) is 18.5 Å². The van der Waals surface area contributed by atoms with E-state index in [4.69, 9.17) is 5.73 Å². The molecular weight excluding hydrogens is 202 g/mol. The van der Waals surface area contributed by atoms with Crippen LogP contribution in [0.3, 0.4) is 0 Å². The topological polar surface area (TPSA) is 80.4 Å². The van der Waals surface area contributed by atoms with Gasteiger partial charge in [0.05, 0.1) is 4.90 Å². The standard InChI is InChI=1S/C9H13NO3S/c1-6(10)8-4-3-7(5-9(8)11)14(2,12)13/h3-6,11H,10H2,1-2H3. The smallest absolute Gasteiger partial charge is 0.175 e. The van der Waals surface area contributed by atoms with Crippen LogP contribution < -0.4 is 5.73 Å². The third-order valence-corrected chi connectivity index (χ3v) is 3.03. The van der Waals surface area contributed by atoms with Gasteiger partial charge in [-0.2, -0.15) is 0 Å². The lowest BCUT2D eigenvalue weighted by atomic mass is 10.1. The molecule has 0 saturated heterocycles. The Morgan fingerprint density at radius 3 is 2.36 bits per heavy atom. The molecule has 3 N–H and O–H groups in total. The maximum absolute atomic E-state index is 11.1. The first kappa shape index (κ1) is 11.0. The van der Waals surface area contributed by atoms with E-state index < -0.39 is 9.84 Å². The van der Waals surface area contributed by atoms with Gasteiger partial charge in [0.1, 0.15) is 5.75 Å². The molecule has 1 aromatic rings. The highest BCUT2D eigenvalue weighted by Crippen LogP contribution is 2.25. The van der Waals surface area contributed by atoms with Gasteiger partial charge in [-0.15, -0.1) is 0 Å². The molecule has 78 valence electrons. The first-order valence-corrected chi connectivity index (χ1v) is 6.00. The number of phenolic OH excluding ortho intramolecular Hbond substituents is 1. The molecule has 1 unspecified atom stereocenters. The molecule has 0 saturated carbocycles. The summed E-state index contributed by atoms with van der Waals surface area (Å²) in [4.78, 5) is 0.0967. The highest BCUT2D eigenvalue weighted by molar-refractivity contribution is 7.90. The molecule has 0 aliphatic carbocycles. The summed E-state index contributed by atoms with van der Waals surface area (Å²) < 4.78 is 22.2. The SMILES string of the molecule is CC(N)c1ccc(S(C)(=O)=O)cc1O. The second kappa shape index (κ2) is 3.59. The van der Waals surface area contributed by atoms with Gasteiger partial charge in [-0.25, -0.2) is 8.42 Å². The second-order valence-electron chi connectivity index (χ2n) is 3.28. The van der Waals surface area contributed by atoms with E-state index in [1.165, 1.54) is 18.2 Å². The number of nitrogens with two attached hydrogens (primary N) is 1. The molecule has 1 rings (SSSR count). The van der Waals surface area contributed by atoms with Crippen LogP contribution in [-0.4, -0.2) is 19.8 Å². The Labute approximate surface area is 83.3 Å². The average molecular weight is 215 g/mol. The molecule has 0 bridgehead atoms. The van der Waals surface area contributed by atoms with Crippen LogP contribution in [0.5, 0.6) is 5.75 Å². The van der Waals surface area contributed by atoms with Gasteiger partial charge in [-0.05, 0) is 19.1 Å². The Morgan fingerprint density at radius 2 is 2.00 bits per heavy atom. The molecule has 0 aromatic heterocycles. The van der Waals surface area contributed by atoms with E-state index in [1.807, 2.05) is 0 Å². The average Bonchev–Trinajstić information content (AvgIpc) is 2.01. The van der Waals surface area contributed by atoms with E-state index in [2.05, 4.69) is 0 Å².